The van der Waals surface area contributed by atoms with Crippen molar-refractivity contribution in [2.75, 3.05) is 12.9 Å². The molecule has 0 unspecified atom stereocenters. The normalized spacial score (nSPS) is 11.3. The maximum Gasteiger partial charge on any atom is 0.267 e. The number of nitrogens with zero attached hydrogens (tertiary/aromatic N) is 4. The Morgan fingerprint density at radius 1 is 0.903 bits per heavy atom. The van der Waals surface area contributed by atoms with Gasteiger partial charge < -0.3 is 4.74 Å². The summed E-state index contributed by atoms with van der Waals surface area (Å²) in [7, 11) is 1.62. The van der Waals surface area contributed by atoms with Crippen LogP contribution in [-0.2, 0) is 6.42 Å². The molecule has 0 aliphatic carbocycles. The number of aryl methyl sites for hydroxylation is 1. The monoisotopic (exact) mass is 428 g/mol. The van der Waals surface area contributed by atoms with Crippen molar-refractivity contribution in [2.45, 2.75) is 11.6 Å². The summed E-state index contributed by atoms with van der Waals surface area (Å²) >= 11 is 1.64. The van der Waals surface area contributed by atoms with Crippen molar-refractivity contribution in [3.05, 3.63) is 94.8 Å². The smallest absolute Gasteiger partial charge is 0.267 e. The molecule has 0 fully saturated rings. The third kappa shape index (κ3) is 3.57. The summed E-state index contributed by atoms with van der Waals surface area (Å²) in [6.45, 7) is 0. The molecule has 7 heteroatoms. The average Bonchev–Trinajstić information content (AvgIpc) is 3.24. The van der Waals surface area contributed by atoms with Gasteiger partial charge in [0, 0.05) is 5.75 Å². The van der Waals surface area contributed by atoms with Gasteiger partial charge >= 0.3 is 0 Å². The number of aromatic nitrogens is 4. The lowest BCUT2D eigenvalue weighted by atomic mass is 10.2. The average molecular weight is 429 g/mol. The number of para-hydroxylation sites is 1. The van der Waals surface area contributed by atoms with E-state index in [0.29, 0.717) is 11.2 Å². The zero-order valence-electron chi connectivity index (χ0n) is 16.9. The lowest BCUT2D eigenvalue weighted by molar-refractivity contribution is 0.414. The molecule has 0 radical (unpaired) electrons. The van der Waals surface area contributed by atoms with Crippen LogP contribution in [0.1, 0.15) is 5.56 Å². The molecule has 2 heterocycles. The highest BCUT2D eigenvalue weighted by atomic mass is 32.2. The van der Waals surface area contributed by atoms with Gasteiger partial charge in [-0.1, -0.05) is 54.2 Å². The van der Waals surface area contributed by atoms with Crippen LogP contribution in [0.3, 0.4) is 0 Å². The molecule has 5 aromatic rings. The lowest BCUT2D eigenvalue weighted by Crippen LogP contribution is -2.21. The number of ether oxygens (including phenoxy) is 1. The van der Waals surface area contributed by atoms with Crippen LogP contribution in [0.2, 0.25) is 0 Å². The molecule has 0 spiro atoms. The van der Waals surface area contributed by atoms with Gasteiger partial charge in [-0.2, -0.15) is 0 Å². The lowest BCUT2D eigenvalue weighted by Gasteiger charge is -2.11. The van der Waals surface area contributed by atoms with E-state index in [9.17, 15) is 4.79 Å². The maximum atomic E-state index is 13.3. The Balaban J connectivity index is 1.62. The molecule has 0 bridgehead atoms. The van der Waals surface area contributed by atoms with Crippen molar-refractivity contribution >= 4 is 28.4 Å². The summed E-state index contributed by atoms with van der Waals surface area (Å²) in [4.78, 5) is 13.3. The van der Waals surface area contributed by atoms with E-state index in [2.05, 4.69) is 22.3 Å². The standard InChI is InChI=1S/C24H20N4O2S/c1-30-19-13-11-18(12-14-19)27-22(29)20-9-5-6-10-21(20)28-23(27)25-26-24(28)31-16-15-17-7-3-2-4-8-17/h2-14H,15-16H2,1H3. The van der Waals surface area contributed by atoms with Crippen LogP contribution in [0.4, 0.5) is 0 Å². The fourth-order valence-electron chi connectivity index (χ4n) is 3.64. The Morgan fingerprint density at radius 3 is 2.42 bits per heavy atom. The first-order valence-corrected chi connectivity index (χ1v) is 10.9. The molecule has 3 aromatic carbocycles. The van der Waals surface area contributed by atoms with Crippen molar-refractivity contribution in [1.29, 1.82) is 0 Å². The predicted octanol–water partition coefficient (Wildman–Crippen LogP) is 4.38. The molecular formula is C24H20N4O2S. The van der Waals surface area contributed by atoms with Gasteiger partial charge in [0.15, 0.2) is 5.16 Å². The Bertz CT molecular complexity index is 1410. The molecule has 6 nitrogen and oxygen atoms in total. The van der Waals surface area contributed by atoms with Crippen molar-refractivity contribution < 1.29 is 4.74 Å². The van der Waals surface area contributed by atoms with Gasteiger partial charge in [0.25, 0.3) is 5.56 Å². The van der Waals surface area contributed by atoms with Crippen LogP contribution in [0.15, 0.2) is 88.8 Å². The zero-order valence-corrected chi connectivity index (χ0v) is 17.7. The van der Waals surface area contributed by atoms with Crippen molar-refractivity contribution in [2.24, 2.45) is 0 Å². The third-order valence-corrected chi connectivity index (χ3v) is 6.12. The molecule has 0 aliphatic rings. The fourth-order valence-corrected chi connectivity index (χ4v) is 4.57. The molecule has 0 aliphatic heterocycles. The van der Waals surface area contributed by atoms with Gasteiger partial charge in [-0.25, -0.2) is 4.57 Å². The molecular weight excluding hydrogens is 408 g/mol. The number of benzene rings is 3. The first kappa shape index (κ1) is 19.4. The summed E-state index contributed by atoms with van der Waals surface area (Å²) in [5.41, 5.74) is 2.68. The van der Waals surface area contributed by atoms with Crippen molar-refractivity contribution in [1.82, 2.24) is 19.2 Å². The second-order valence-corrected chi connectivity index (χ2v) is 8.12. The van der Waals surface area contributed by atoms with Gasteiger partial charge in [0.05, 0.1) is 23.7 Å². The van der Waals surface area contributed by atoms with Crippen LogP contribution < -0.4 is 10.3 Å². The number of hydrogen-bond acceptors (Lipinski definition) is 5. The number of thioether (sulfide) groups is 1. The molecule has 0 saturated carbocycles. The minimum absolute atomic E-state index is 0.124. The molecule has 0 saturated heterocycles. The molecule has 154 valence electrons. The molecule has 2 aromatic heterocycles. The molecule has 0 amide bonds. The highest BCUT2D eigenvalue weighted by Crippen LogP contribution is 2.24. The van der Waals surface area contributed by atoms with Crippen LogP contribution in [0, 0.1) is 0 Å². The quantitative estimate of drug-likeness (QED) is 0.376. The summed E-state index contributed by atoms with van der Waals surface area (Å²) in [5.74, 6) is 2.09. The SMILES string of the molecule is COc1ccc(-n2c(=O)c3ccccc3n3c(SCCc4ccccc4)nnc23)cc1. The van der Waals surface area contributed by atoms with E-state index in [1.807, 2.05) is 71.1 Å². The van der Waals surface area contributed by atoms with E-state index in [1.54, 1.807) is 23.4 Å². The van der Waals surface area contributed by atoms with Crippen LogP contribution in [0.5, 0.6) is 5.75 Å². The van der Waals surface area contributed by atoms with E-state index < -0.39 is 0 Å². The number of rotatable bonds is 6. The maximum absolute atomic E-state index is 13.3. The summed E-state index contributed by atoms with van der Waals surface area (Å²) < 4.78 is 8.83. The van der Waals surface area contributed by atoms with E-state index in [4.69, 9.17) is 4.74 Å². The highest BCUT2D eigenvalue weighted by molar-refractivity contribution is 7.99. The van der Waals surface area contributed by atoms with Crippen molar-refractivity contribution in [3.8, 4) is 11.4 Å². The van der Waals surface area contributed by atoms with Crippen molar-refractivity contribution in [3.63, 3.8) is 0 Å². The Hall–Kier alpha value is -3.58. The van der Waals surface area contributed by atoms with Gasteiger partial charge in [-0.3, -0.25) is 9.20 Å². The van der Waals surface area contributed by atoms with Gasteiger partial charge in [-0.05, 0) is 48.4 Å². The van der Waals surface area contributed by atoms with Gasteiger partial charge in [0.1, 0.15) is 5.75 Å². The Kier molecular flexibility index (Phi) is 5.18. The summed E-state index contributed by atoms with van der Waals surface area (Å²) in [6, 6.07) is 25.3. The summed E-state index contributed by atoms with van der Waals surface area (Å²) in [6.07, 6.45) is 0.927. The first-order valence-electron chi connectivity index (χ1n) is 9.96. The zero-order chi connectivity index (χ0) is 21.2. The third-order valence-electron chi connectivity index (χ3n) is 5.19. The minimum atomic E-state index is -0.124. The number of methoxy groups -OCH3 is 1. The highest BCUT2D eigenvalue weighted by Gasteiger charge is 2.17. The van der Waals surface area contributed by atoms with E-state index in [-0.39, 0.29) is 5.56 Å². The van der Waals surface area contributed by atoms with E-state index in [1.165, 1.54) is 5.56 Å². The van der Waals surface area contributed by atoms with Gasteiger partial charge in [-0.15, -0.1) is 10.2 Å². The molecule has 0 atom stereocenters. The second-order valence-electron chi connectivity index (χ2n) is 7.06. The molecule has 0 N–H and O–H groups in total. The van der Waals surface area contributed by atoms with Crippen LogP contribution >= 0.6 is 11.8 Å². The van der Waals surface area contributed by atoms with Crippen LogP contribution in [-0.4, -0.2) is 32.0 Å². The second kappa shape index (κ2) is 8.28. The largest absolute Gasteiger partial charge is 0.497 e. The summed E-state index contributed by atoms with van der Waals surface area (Å²) in [5, 5.41) is 10.2. The van der Waals surface area contributed by atoms with Gasteiger partial charge in [0.2, 0.25) is 5.78 Å². The van der Waals surface area contributed by atoms with E-state index in [0.717, 1.165) is 34.3 Å². The molecule has 31 heavy (non-hydrogen) atoms. The van der Waals surface area contributed by atoms with Crippen LogP contribution in [0.25, 0.3) is 22.4 Å². The fraction of sp³-hybridized carbons (Fsp3) is 0.125. The number of fused-ring (bicyclic) bond motifs is 3. The Labute approximate surface area is 183 Å². The Morgan fingerprint density at radius 2 is 1.65 bits per heavy atom. The number of hydrogen-bond donors (Lipinski definition) is 0. The van der Waals surface area contributed by atoms with E-state index >= 15 is 0 Å². The predicted molar refractivity (Wildman–Crippen MR) is 124 cm³/mol. The minimum Gasteiger partial charge on any atom is -0.497 e. The topological polar surface area (TPSA) is 61.4 Å². The first-order chi connectivity index (χ1) is 15.3. The molecule has 5 rings (SSSR count).